The van der Waals surface area contributed by atoms with Crippen LogP contribution in [-0.2, 0) is 9.91 Å². The van der Waals surface area contributed by atoms with Crippen molar-refractivity contribution < 1.29 is 9.91 Å². The molecule has 0 radical (unpaired) electrons. The van der Waals surface area contributed by atoms with Crippen molar-refractivity contribution >= 4 is 30.4 Å². The van der Waals surface area contributed by atoms with Crippen molar-refractivity contribution in [1.29, 1.82) is 0 Å². The van der Waals surface area contributed by atoms with Gasteiger partial charge in [-0.05, 0) is 0 Å². The molecular formula is C6H14Cl3CoN. The Balaban J connectivity index is 3.44. The summed E-state index contributed by atoms with van der Waals surface area (Å²) in [7, 11) is 14.7. The molecule has 5 heteroatoms. The molecule has 0 bridgehead atoms. The molecule has 0 aliphatic heterocycles. The molecular weight excluding hydrogens is 251 g/mol. The van der Waals surface area contributed by atoms with Gasteiger partial charge in [0, 0.05) is 0 Å². The van der Waals surface area contributed by atoms with Crippen LogP contribution in [0.2, 0.25) is 0 Å². The molecule has 0 aliphatic rings. The van der Waals surface area contributed by atoms with Crippen LogP contribution in [0.3, 0.4) is 0 Å². The maximum absolute atomic E-state index is 5.68. The van der Waals surface area contributed by atoms with E-state index in [9.17, 15) is 0 Å². The van der Waals surface area contributed by atoms with E-state index < -0.39 is 9.91 Å². The minimum absolute atomic E-state index is 0.225. The molecule has 1 atom stereocenters. The van der Waals surface area contributed by atoms with E-state index >= 15 is 0 Å². The second-order valence-corrected chi connectivity index (χ2v) is 10.8. The van der Waals surface area contributed by atoms with Gasteiger partial charge in [-0.2, -0.15) is 0 Å². The quantitative estimate of drug-likeness (QED) is 0.757. The second-order valence-electron chi connectivity index (χ2n) is 2.34. The molecule has 0 amide bonds. The molecule has 0 saturated carbocycles. The Labute approximate surface area is 83.5 Å². The molecule has 0 aromatic heterocycles. The molecule has 0 aliphatic carbocycles. The number of hydrogen-bond donors (Lipinski definition) is 1. The van der Waals surface area contributed by atoms with Gasteiger partial charge in [-0.1, -0.05) is 0 Å². The van der Waals surface area contributed by atoms with Crippen LogP contribution < -0.4 is 5.73 Å². The molecule has 0 fully saturated rings. The van der Waals surface area contributed by atoms with Gasteiger partial charge in [-0.3, -0.25) is 0 Å². The fraction of sp³-hybridized carbons (Fsp3) is 1.00. The predicted molar refractivity (Wildman–Crippen MR) is 49.7 cm³/mol. The zero-order valence-corrected chi connectivity index (χ0v) is 9.76. The first kappa shape index (κ1) is 12.3. The van der Waals surface area contributed by atoms with Crippen LogP contribution in [0.15, 0.2) is 0 Å². The Morgan fingerprint density at radius 1 is 1.27 bits per heavy atom. The van der Waals surface area contributed by atoms with E-state index in [4.69, 9.17) is 36.2 Å². The van der Waals surface area contributed by atoms with Crippen LogP contribution >= 0.6 is 30.4 Å². The first-order valence-electron chi connectivity index (χ1n) is 3.52. The van der Waals surface area contributed by atoms with Gasteiger partial charge in [0.1, 0.15) is 0 Å². The summed E-state index contributed by atoms with van der Waals surface area (Å²) in [5, 5.41) is 0. The van der Waals surface area contributed by atoms with Crippen LogP contribution in [-0.4, -0.2) is 4.98 Å². The van der Waals surface area contributed by atoms with Gasteiger partial charge < -0.3 is 0 Å². The molecule has 73 valence electrons. The van der Waals surface area contributed by atoms with Crippen molar-refractivity contribution in [2.45, 2.75) is 37.6 Å². The van der Waals surface area contributed by atoms with E-state index in [1.807, 2.05) is 0 Å². The molecule has 0 aromatic carbocycles. The zero-order chi connectivity index (χ0) is 8.91. The van der Waals surface area contributed by atoms with Crippen LogP contribution in [0, 0.1) is 0 Å². The number of hydrogen-bond acceptors (Lipinski definition) is 1. The Bertz CT molecular complexity index is 104. The monoisotopic (exact) mass is 264 g/mol. The van der Waals surface area contributed by atoms with Crippen molar-refractivity contribution in [3.05, 3.63) is 0 Å². The van der Waals surface area contributed by atoms with Gasteiger partial charge in [-0.15, -0.1) is 0 Å². The Morgan fingerprint density at radius 3 is 2.18 bits per heavy atom. The van der Waals surface area contributed by atoms with Gasteiger partial charge in [-0.25, -0.2) is 0 Å². The van der Waals surface area contributed by atoms with Gasteiger partial charge in [0.15, 0.2) is 0 Å². The average Bonchev–Trinajstić information content (AvgIpc) is 1.86. The first-order valence-corrected chi connectivity index (χ1v) is 8.42. The molecule has 0 rings (SSSR count). The van der Waals surface area contributed by atoms with Gasteiger partial charge in [0.25, 0.3) is 0 Å². The third-order valence-corrected chi connectivity index (χ3v) is 4.84. The molecule has 0 aromatic rings. The van der Waals surface area contributed by atoms with Crippen molar-refractivity contribution in [3.8, 4) is 0 Å². The van der Waals surface area contributed by atoms with Crippen LogP contribution in [0.5, 0.6) is 0 Å². The summed E-state index contributed by atoms with van der Waals surface area (Å²) >= 11 is 0. The first-order chi connectivity index (χ1) is 4.98. The van der Waals surface area contributed by atoms with Crippen LogP contribution in [0.4, 0.5) is 0 Å². The third-order valence-electron chi connectivity index (χ3n) is 1.35. The fourth-order valence-corrected chi connectivity index (χ4v) is 2.14. The van der Waals surface area contributed by atoms with E-state index in [-0.39, 0.29) is 4.98 Å². The summed E-state index contributed by atoms with van der Waals surface area (Å²) in [5.41, 5.74) is 5.64. The molecule has 1 unspecified atom stereocenters. The summed E-state index contributed by atoms with van der Waals surface area (Å²) < 4.78 is 0. The van der Waals surface area contributed by atoms with Crippen LogP contribution in [0.1, 0.15) is 32.6 Å². The van der Waals surface area contributed by atoms with Crippen molar-refractivity contribution in [1.82, 2.24) is 0 Å². The summed E-state index contributed by atoms with van der Waals surface area (Å²) in [5.74, 6) is 0. The van der Waals surface area contributed by atoms with E-state index in [1.54, 1.807) is 0 Å². The van der Waals surface area contributed by atoms with Gasteiger partial charge in [0.05, 0.1) is 0 Å². The third kappa shape index (κ3) is 6.49. The zero-order valence-electron chi connectivity index (χ0n) is 6.45. The molecule has 11 heavy (non-hydrogen) atoms. The summed E-state index contributed by atoms with van der Waals surface area (Å²) in [6.45, 7) is 2.13. The van der Waals surface area contributed by atoms with E-state index in [0.29, 0.717) is 0 Å². The molecule has 2 N–H and O–H groups in total. The van der Waals surface area contributed by atoms with Gasteiger partial charge >= 0.3 is 83.7 Å². The van der Waals surface area contributed by atoms with Crippen molar-refractivity contribution in [2.75, 3.05) is 0 Å². The average molecular weight is 265 g/mol. The topological polar surface area (TPSA) is 26.0 Å². The van der Waals surface area contributed by atoms with E-state index in [2.05, 4.69) is 6.92 Å². The minimum atomic E-state index is -2.34. The second kappa shape index (κ2) is 5.89. The molecule has 0 saturated heterocycles. The number of unbranched alkanes of at least 4 members (excludes halogenated alkanes) is 2. The van der Waals surface area contributed by atoms with Crippen LogP contribution in [0.25, 0.3) is 0 Å². The van der Waals surface area contributed by atoms with Crippen molar-refractivity contribution in [2.24, 2.45) is 5.73 Å². The Morgan fingerprint density at radius 2 is 1.82 bits per heavy atom. The predicted octanol–water partition coefficient (Wildman–Crippen LogP) is 3.47. The summed E-state index contributed by atoms with van der Waals surface area (Å²) in [4.78, 5) is -0.225. The molecule has 0 spiro atoms. The fourth-order valence-electron chi connectivity index (χ4n) is 0.689. The summed E-state index contributed by atoms with van der Waals surface area (Å²) in [6.07, 6.45) is 4.23. The summed E-state index contributed by atoms with van der Waals surface area (Å²) in [6, 6.07) is 0. The normalized spacial score (nSPS) is 16.5. The standard InChI is InChI=1S/C6H14N.3ClH.Co/c1-2-3-4-5-6-7;;;;/h6H,2-5,7H2,1H3;3*1H;/q;;;;+3/p-3. The molecule has 1 nitrogen and oxygen atoms in total. The SMILES string of the molecule is CCCCC[CH](N)[Co]([Cl])([Cl])[Cl]. The van der Waals surface area contributed by atoms with Crippen molar-refractivity contribution in [3.63, 3.8) is 0 Å². The van der Waals surface area contributed by atoms with E-state index in [1.165, 1.54) is 6.42 Å². The number of halogens is 3. The van der Waals surface area contributed by atoms with E-state index in [0.717, 1.165) is 19.3 Å². The number of rotatable bonds is 5. The Hall–Kier alpha value is 1.34. The maximum atomic E-state index is 5.68. The Kier molecular flexibility index (Phi) is 6.61. The molecule has 0 heterocycles. The number of nitrogens with two attached hydrogens (primary N) is 1. The van der Waals surface area contributed by atoms with Gasteiger partial charge in [0.2, 0.25) is 0 Å².